The molecule has 0 heterocycles. The Hall–Kier alpha value is -1.84. The van der Waals surface area contributed by atoms with E-state index in [2.05, 4.69) is 0 Å². The number of nitro benzene ring substituents is 1. The third kappa shape index (κ3) is 3.59. The molecule has 0 saturated heterocycles. The molecule has 1 rings (SSSR count). The summed E-state index contributed by atoms with van der Waals surface area (Å²) in [6, 6.07) is 5.39. The maximum atomic E-state index is 11.0. The quantitative estimate of drug-likeness (QED) is 0.593. The molecule has 0 aliphatic rings. The Morgan fingerprint density at radius 3 is 2.47 bits per heavy atom. The van der Waals surface area contributed by atoms with E-state index >= 15 is 0 Å². The zero-order valence-corrected chi connectivity index (χ0v) is 10.7. The first-order valence-corrected chi connectivity index (χ1v) is 5.54. The second kappa shape index (κ2) is 5.48. The number of nitro groups is 1. The molecule has 0 fully saturated rings. The van der Waals surface area contributed by atoms with Gasteiger partial charge >= 0.3 is 0 Å². The van der Waals surface area contributed by atoms with Gasteiger partial charge in [-0.15, -0.1) is 0 Å². The van der Waals surface area contributed by atoms with Gasteiger partial charge in [-0.25, -0.2) is 0 Å². The monoisotopic (exact) mass is 234 g/mol. The molecule has 17 heavy (non-hydrogen) atoms. The minimum Gasteiger partial charge on any atom is -0.383 e. The van der Waals surface area contributed by atoms with Crippen LogP contribution in [0.2, 0.25) is 0 Å². The summed E-state index contributed by atoms with van der Waals surface area (Å²) in [4.78, 5) is 12.5. The Kier molecular flexibility index (Phi) is 4.26. The molecule has 0 aliphatic heterocycles. The highest BCUT2D eigenvalue weighted by atomic mass is 16.6. The molecule has 0 bridgehead atoms. The maximum Gasteiger partial charge on any atom is 0.276 e. The molecule has 0 aliphatic carbocycles. The molecule has 4 heteroatoms. The zero-order chi connectivity index (χ0) is 13.0. The van der Waals surface area contributed by atoms with E-state index < -0.39 is 0 Å². The molecule has 0 radical (unpaired) electrons. The van der Waals surface area contributed by atoms with Gasteiger partial charge < -0.3 is 4.90 Å². The molecule has 92 valence electrons. The molecule has 0 saturated carbocycles. The van der Waals surface area contributed by atoms with Crippen molar-refractivity contribution in [3.63, 3.8) is 0 Å². The predicted molar refractivity (Wildman–Crippen MR) is 69.9 cm³/mol. The van der Waals surface area contributed by atoms with Crippen LogP contribution in [0.25, 0.3) is 6.08 Å². The van der Waals surface area contributed by atoms with Crippen molar-refractivity contribution in [1.82, 2.24) is 4.90 Å². The summed E-state index contributed by atoms with van der Waals surface area (Å²) in [5.41, 5.74) is 1.78. The van der Waals surface area contributed by atoms with Crippen LogP contribution in [0.3, 0.4) is 0 Å². The molecule has 4 nitrogen and oxygen atoms in total. The van der Waals surface area contributed by atoms with E-state index in [1.165, 1.54) is 0 Å². The van der Waals surface area contributed by atoms with Crippen molar-refractivity contribution in [2.24, 2.45) is 0 Å². The van der Waals surface area contributed by atoms with Gasteiger partial charge in [-0.2, -0.15) is 0 Å². The Morgan fingerprint density at radius 2 is 2.00 bits per heavy atom. The van der Waals surface area contributed by atoms with Gasteiger partial charge in [-0.1, -0.05) is 19.9 Å². The SMILES string of the molecule is CC(C)c1ccc(/C=C/N(C)C)c([N+](=O)[O-])c1. The first kappa shape index (κ1) is 13.2. The van der Waals surface area contributed by atoms with Crippen LogP contribution in [0, 0.1) is 10.1 Å². The van der Waals surface area contributed by atoms with Crippen molar-refractivity contribution in [3.8, 4) is 0 Å². The maximum absolute atomic E-state index is 11.0. The van der Waals surface area contributed by atoms with Crippen molar-refractivity contribution < 1.29 is 4.92 Å². The normalized spacial score (nSPS) is 11.1. The molecule has 1 aromatic rings. The van der Waals surface area contributed by atoms with Gasteiger partial charge in [-0.05, 0) is 29.8 Å². The second-order valence-electron chi connectivity index (χ2n) is 4.51. The predicted octanol–water partition coefficient (Wildman–Crippen LogP) is 3.25. The summed E-state index contributed by atoms with van der Waals surface area (Å²) in [7, 11) is 3.76. The summed E-state index contributed by atoms with van der Waals surface area (Å²) >= 11 is 0. The van der Waals surface area contributed by atoms with E-state index in [1.807, 2.05) is 38.9 Å². The van der Waals surface area contributed by atoms with Crippen LogP contribution in [0.1, 0.15) is 30.9 Å². The van der Waals surface area contributed by atoms with Gasteiger partial charge in [0.05, 0.1) is 10.5 Å². The average Bonchev–Trinajstić information content (AvgIpc) is 2.25. The number of hydrogen-bond donors (Lipinski definition) is 0. The lowest BCUT2D eigenvalue weighted by molar-refractivity contribution is -0.385. The van der Waals surface area contributed by atoms with E-state index in [4.69, 9.17) is 0 Å². The van der Waals surface area contributed by atoms with E-state index in [1.54, 1.807) is 24.4 Å². The standard InChI is InChI=1S/C13H18N2O2/c1-10(2)12-6-5-11(7-8-14(3)4)13(9-12)15(16)17/h5-10H,1-4H3/b8-7+. The van der Waals surface area contributed by atoms with Crippen LogP contribution in [-0.4, -0.2) is 23.9 Å². The number of benzene rings is 1. The van der Waals surface area contributed by atoms with Gasteiger partial charge in [0.25, 0.3) is 5.69 Å². The summed E-state index contributed by atoms with van der Waals surface area (Å²) < 4.78 is 0. The Balaban J connectivity index is 3.18. The highest BCUT2D eigenvalue weighted by molar-refractivity contribution is 5.61. The van der Waals surface area contributed by atoms with E-state index in [0.29, 0.717) is 11.5 Å². The Labute approximate surface area is 102 Å². The molecule has 0 unspecified atom stereocenters. The van der Waals surface area contributed by atoms with Gasteiger partial charge in [0.1, 0.15) is 0 Å². The van der Waals surface area contributed by atoms with Crippen molar-refractivity contribution in [1.29, 1.82) is 0 Å². The van der Waals surface area contributed by atoms with Crippen LogP contribution in [0.5, 0.6) is 0 Å². The fourth-order valence-electron chi connectivity index (χ4n) is 1.45. The van der Waals surface area contributed by atoms with Gasteiger partial charge in [-0.3, -0.25) is 10.1 Å². The summed E-state index contributed by atoms with van der Waals surface area (Å²) in [5.74, 6) is 0.292. The lowest BCUT2D eigenvalue weighted by Gasteiger charge is -2.07. The van der Waals surface area contributed by atoms with E-state index in [-0.39, 0.29) is 10.6 Å². The second-order valence-corrected chi connectivity index (χ2v) is 4.51. The fourth-order valence-corrected chi connectivity index (χ4v) is 1.45. The molecule has 0 atom stereocenters. The molecule has 0 spiro atoms. The molecule has 1 aromatic carbocycles. The smallest absolute Gasteiger partial charge is 0.276 e. The Morgan fingerprint density at radius 1 is 1.35 bits per heavy atom. The van der Waals surface area contributed by atoms with Crippen molar-refractivity contribution >= 4 is 11.8 Å². The van der Waals surface area contributed by atoms with Gasteiger partial charge in [0.15, 0.2) is 0 Å². The zero-order valence-electron chi connectivity index (χ0n) is 10.7. The fraction of sp³-hybridized carbons (Fsp3) is 0.385. The third-order valence-corrected chi connectivity index (χ3v) is 2.47. The lowest BCUT2D eigenvalue weighted by atomic mass is 10.0. The topological polar surface area (TPSA) is 46.4 Å². The molecule has 0 amide bonds. The van der Waals surface area contributed by atoms with E-state index in [0.717, 1.165) is 5.56 Å². The summed E-state index contributed by atoms with van der Waals surface area (Å²) in [6.07, 6.45) is 3.56. The Bertz CT molecular complexity index is 437. The highest BCUT2D eigenvalue weighted by Gasteiger charge is 2.13. The van der Waals surface area contributed by atoms with Crippen molar-refractivity contribution in [3.05, 3.63) is 45.6 Å². The van der Waals surface area contributed by atoms with Crippen LogP contribution in [-0.2, 0) is 0 Å². The molecule has 0 N–H and O–H groups in total. The summed E-state index contributed by atoms with van der Waals surface area (Å²) in [5, 5.41) is 11.0. The minimum absolute atomic E-state index is 0.161. The lowest BCUT2D eigenvalue weighted by Crippen LogP contribution is -2.00. The van der Waals surface area contributed by atoms with E-state index in [9.17, 15) is 10.1 Å². The first-order valence-electron chi connectivity index (χ1n) is 5.54. The number of nitrogens with zero attached hydrogens (tertiary/aromatic N) is 2. The third-order valence-electron chi connectivity index (χ3n) is 2.47. The molecule has 0 aromatic heterocycles. The first-order chi connectivity index (χ1) is 7.91. The van der Waals surface area contributed by atoms with Crippen LogP contribution in [0.4, 0.5) is 5.69 Å². The summed E-state index contributed by atoms with van der Waals surface area (Å²) in [6.45, 7) is 4.04. The molecular weight excluding hydrogens is 216 g/mol. The molecular formula is C13H18N2O2. The highest BCUT2D eigenvalue weighted by Crippen LogP contribution is 2.25. The van der Waals surface area contributed by atoms with Crippen molar-refractivity contribution in [2.45, 2.75) is 19.8 Å². The number of rotatable bonds is 4. The largest absolute Gasteiger partial charge is 0.383 e. The van der Waals surface area contributed by atoms with Crippen LogP contribution < -0.4 is 0 Å². The van der Waals surface area contributed by atoms with Gasteiger partial charge in [0.2, 0.25) is 0 Å². The van der Waals surface area contributed by atoms with Crippen molar-refractivity contribution in [2.75, 3.05) is 14.1 Å². The van der Waals surface area contributed by atoms with Gasteiger partial charge in [0, 0.05) is 20.2 Å². The average molecular weight is 234 g/mol. The minimum atomic E-state index is -0.332. The van der Waals surface area contributed by atoms with Crippen LogP contribution >= 0.6 is 0 Å². The van der Waals surface area contributed by atoms with Crippen LogP contribution in [0.15, 0.2) is 24.4 Å². The number of hydrogen-bond acceptors (Lipinski definition) is 3.